The highest BCUT2D eigenvalue weighted by Crippen LogP contribution is 2.06. The zero-order valence-electron chi connectivity index (χ0n) is 6.52. The van der Waals surface area contributed by atoms with Gasteiger partial charge in [-0.05, 0) is 20.0 Å². The monoisotopic (exact) mass is 193 g/mol. The topological polar surface area (TPSA) is 3.24 Å². The molecule has 0 N–H and O–H groups in total. The van der Waals surface area contributed by atoms with Crippen LogP contribution in [0, 0.1) is 5.92 Å². The van der Waals surface area contributed by atoms with Gasteiger partial charge in [-0.2, -0.15) is 0 Å². The number of nitrogens with zero attached hydrogens (tertiary/aromatic N) is 1. The lowest BCUT2D eigenvalue weighted by atomic mass is 10.1. The summed E-state index contributed by atoms with van der Waals surface area (Å²) < 4.78 is 0. The number of hydrogen-bond donors (Lipinski definition) is 0. The van der Waals surface area contributed by atoms with E-state index in [4.69, 9.17) is 0 Å². The molecule has 0 aliphatic rings. The van der Waals surface area contributed by atoms with Gasteiger partial charge in [-0.3, -0.25) is 0 Å². The SMILES string of the molecule is CCC(CBr)CN(C)C. The molecule has 0 amide bonds. The van der Waals surface area contributed by atoms with E-state index in [1.807, 2.05) is 0 Å². The first-order valence-electron chi connectivity index (χ1n) is 3.41. The standard InChI is InChI=1S/C7H16BrN/c1-4-7(5-8)6-9(2)3/h7H,4-6H2,1-3H3. The van der Waals surface area contributed by atoms with Crippen molar-refractivity contribution in [2.24, 2.45) is 5.92 Å². The second-order valence-corrected chi connectivity index (χ2v) is 3.34. The van der Waals surface area contributed by atoms with Crippen LogP contribution in [0.5, 0.6) is 0 Å². The van der Waals surface area contributed by atoms with Gasteiger partial charge in [-0.25, -0.2) is 0 Å². The van der Waals surface area contributed by atoms with Gasteiger partial charge in [0.2, 0.25) is 0 Å². The van der Waals surface area contributed by atoms with Crippen molar-refractivity contribution in [1.29, 1.82) is 0 Å². The summed E-state index contributed by atoms with van der Waals surface area (Å²) in [4.78, 5) is 2.23. The number of rotatable bonds is 4. The molecule has 1 atom stereocenters. The molecule has 0 bridgehead atoms. The highest BCUT2D eigenvalue weighted by atomic mass is 79.9. The normalized spacial score (nSPS) is 14.3. The van der Waals surface area contributed by atoms with Crippen LogP contribution in [0.15, 0.2) is 0 Å². The Morgan fingerprint density at radius 1 is 1.44 bits per heavy atom. The van der Waals surface area contributed by atoms with Crippen LogP contribution in [0.4, 0.5) is 0 Å². The van der Waals surface area contributed by atoms with Gasteiger partial charge in [0.05, 0.1) is 0 Å². The van der Waals surface area contributed by atoms with Crippen molar-refractivity contribution >= 4 is 15.9 Å². The maximum Gasteiger partial charge on any atom is 0.00717 e. The molecule has 0 rings (SSSR count). The van der Waals surface area contributed by atoms with Gasteiger partial charge in [0.25, 0.3) is 0 Å². The minimum atomic E-state index is 0.819. The van der Waals surface area contributed by atoms with E-state index < -0.39 is 0 Å². The summed E-state index contributed by atoms with van der Waals surface area (Å²) in [5, 5.41) is 1.13. The van der Waals surface area contributed by atoms with Crippen LogP contribution in [0.25, 0.3) is 0 Å². The maximum absolute atomic E-state index is 3.48. The molecule has 56 valence electrons. The molecular formula is C7H16BrN. The van der Waals surface area contributed by atoms with Crippen molar-refractivity contribution in [3.8, 4) is 0 Å². The molecule has 9 heavy (non-hydrogen) atoms. The van der Waals surface area contributed by atoms with Crippen LogP contribution in [0.2, 0.25) is 0 Å². The molecule has 0 saturated carbocycles. The molecule has 2 heteroatoms. The van der Waals surface area contributed by atoms with Gasteiger partial charge in [0, 0.05) is 11.9 Å². The first-order valence-corrected chi connectivity index (χ1v) is 4.53. The van der Waals surface area contributed by atoms with Crippen LogP contribution in [0.3, 0.4) is 0 Å². The molecule has 0 aromatic rings. The fraction of sp³-hybridized carbons (Fsp3) is 1.00. The predicted octanol–water partition coefficient (Wildman–Crippen LogP) is 1.97. The Hall–Kier alpha value is 0.440. The predicted molar refractivity (Wildman–Crippen MR) is 46.1 cm³/mol. The average Bonchev–Trinajstić information content (AvgIpc) is 1.82. The minimum Gasteiger partial charge on any atom is -0.309 e. The van der Waals surface area contributed by atoms with Gasteiger partial charge in [0.15, 0.2) is 0 Å². The maximum atomic E-state index is 3.48. The Morgan fingerprint density at radius 3 is 2.11 bits per heavy atom. The number of hydrogen-bond acceptors (Lipinski definition) is 1. The van der Waals surface area contributed by atoms with Crippen molar-refractivity contribution in [2.75, 3.05) is 26.0 Å². The van der Waals surface area contributed by atoms with Crippen LogP contribution in [0.1, 0.15) is 13.3 Å². The third-order valence-electron chi connectivity index (χ3n) is 1.42. The second kappa shape index (κ2) is 5.24. The number of alkyl halides is 1. The van der Waals surface area contributed by atoms with E-state index in [0.29, 0.717) is 0 Å². The van der Waals surface area contributed by atoms with E-state index >= 15 is 0 Å². The molecule has 0 aromatic carbocycles. The summed E-state index contributed by atoms with van der Waals surface area (Å²) in [6, 6.07) is 0. The van der Waals surface area contributed by atoms with Gasteiger partial charge in [-0.1, -0.05) is 29.3 Å². The van der Waals surface area contributed by atoms with Gasteiger partial charge in [0.1, 0.15) is 0 Å². The summed E-state index contributed by atoms with van der Waals surface area (Å²) in [6.45, 7) is 3.43. The van der Waals surface area contributed by atoms with Crippen molar-refractivity contribution in [3.05, 3.63) is 0 Å². The lowest BCUT2D eigenvalue weighted by molar-refractivity contribution is 0.338. The molecule has 0 spiro atoms. The Kier molecular flexibility index (Phi) is 5.50. The number of halogens is 1. The quantitative estimate of drug-likeness (QED) is 0.618. The Balaban J connectivity index is 3.31. The minimum absolute atomic E-state index is 0.819. The van der Waals surface area contributed by atoms with Crippen LogP contribution < -0.4 is 0 Å². The van der Waals surface area contributed by atoms with E-state index in [1.165, 1.54) is 13.0 Å². The van der Waals surface area contributed by atoms with Crippen LogP contribution in [-0.4, -0.2) is 30.9 Å². The fourth-order valence-electron chi connectivity index (χ4n) is 0.803. The third kappa shape index (κ3) is 4.91. The Bertz CT molecular complexity index is 59.9. The zero-order chi connectivity index (χ0) is 7.28. The molecule has 0 heterocycles. The zero-order valence-corrected chi connectivity index (χ0v) is 8.11. The molecule has 0 fully saturated rings. The molecule has 0 radical (unpaired) electrons. The molecule has 1 unspecified atom stereocenters. The summed E-state index contributed by atoms with van der Waals surface area (Å²) in [5.74, 6) is 0.819. The van der Waals surface area contributed by atoms with Crippen LogP contribution >= 0.6 is 15.9 Å². The van der Waals surface area contributed by atoms with Crippen molar-refractivity contribution < 1.29 is 0 Å². The van der Waals surface area contributed by atoms with Crippen molar-refractivity contribution in [1.82, 2.24) is 4.90 Å². The summed E-state index contributed by atoms with van der Waals surface area (Å²) in [7, 11) is 4.23. The van der Waals surface area contributed by atoms with Gasteiger partial charge >= 0.3 is 0 Å². The van der Waals surface area contributed by atoms with Crippen molar-refractivity contribution in [2.45, 2.75) is 13.3 Å². The van der Waals surface area contributed by atoms with E-state index in [1.54, 1.807) is 0 Å². The van der Waals surface area contributed by atoms with E-state index in [9.17, 15) is 0 Å². The summed E-state index contributed by atoms with van der Waals surface area (Å²) in [6.07, 6.45) is 1.27. The summed E-state index contributed by atoms with van der Waals surface area (Å²) >= 11 is 3.48. The summed E-state index contributed by atoms with van der Waals surface area (Å²) in [5.41, 5.74) is 0. The van der Waals surface area contributed by atoms with Gasteiger partial charge < -0.3 is 4.90 Å². The fourth-order valence-corrected chi connectivity index (χ4v) is 1.47. The van der Waals surface area contributed by atoms with E-state index in [-0.39, 0.29) is 0 Å². The molecule has 0 aliphatic heterocycles. The van der Waals surface area contributed by atoms with E-state index in [0.717, 1.165) is 11.2 Å². The van der Waals surface area contributed by atoms with E-state index in [2.05, 4.69) is 41.8 Å². The highest BCUT2D eigenvalue weighted by molar-refractivity contribution is 9.09. The molecule has 1 nitrogen and oxygen atoms in total. The lowest BCUT2D eigenvalue weighted by Gasteiger charge is -2.16. The average molecular weight is 194 g/mol. The third-order valence-corrected chi connectivity index (χ3v) is 2.33. The first kappa shape index (κ1) is 9.44. The Morgan fingerprint density at radius 2 is 2.00 bits per heavy atom. The molecular weight excluding hydrogens is 178 g/mol. The lowest BCUT2D eigenvalue weighted by Crippen LogP contribution is -2.21. The van der Waals surface area contributed by atoms with Crippen molar-refractivity contribution in [3.63, 3.8) is 0 Å². The molecule has 0 saturated heterocycles. The van der Waals surface area contributed by atoms with Crippen LogP contribution in [-0.2, 0) is 0 Å². The Labute approximate surface area is 66.6 Å². The largest absolute Gasteiger partial charge is 0.309 e. The van der Waals surface area contributed by atoms with Gasteiger partial charge in [-0.15, -0.1) is 0 Å². The smallest absolute Gasteiger partial charge is 0.00717 e. The second-order valence-electron chi connectivity index (χ2n) is 2.69. The highest BCUT2D eigenvalue weighted by Gasteiger charge is 2.03. The molecule has 0 aliphatic carbocycles. The molecule has 0 aromatic heterocycles. The first-order chi connectivity index (χ1) is 4.20.